The largest absolute Gasteiger partial charge is 0.354 e. The lowest BCUT2D eigenvalue weighted by Crippen LogP contribution is -2.46. The summed E-state index contributed by atoms with van der Waals surface area (Å²) in [5.74, 6) is 0.837. The van der Waals surface area contributed by atoms with Gasteiger partial charge in [-0.05, 0) is 38.3 Å². The Morgan fingerprint density at radius 3 is 2.68 bits per heavy atom. The van der Waals surface area contributed by atoms with Crippen LogP contribution in [0.3, 0.4) is 0 Å². The third-order valence-electron chi connectivity index (χ3n) is 5.85. The average Bonchev–Trinajstić information content (AvgIpc) is 3.29. The van der Waals surface area contributed by atoms with Crippen LogP contribution in [0.5, 0.6) is 0 Å². The van der Waals surface area contributed by atoms with Crippen LogP contribution < -0.4 is 4.90 Å². The van der Waals surface area contributed by atoms with Crippen molar-refractivity contribution >= 4 is 11.7 Å². The minimum Gasteiger partial charge on any atom is -0.354 e. The van der Waals surface area contributed by atoms with Crippen molar-refractivity contribution in [3.63, 3.8) is 0 Å². The number of benzene rings is 1. The predicted molar refractivity (Wildman–Crippen MR) is 110 cm³/mol. The molecule has 0 unspecified atom stereocenters. The van der Waals surface area contributed by atoms with Crippen LogP contribution in [0.4, 0.5) is 5.82 Å². The summed E-state index contributed by atoms with van der Waals surface area (Å²) in [7, 11) is 2.19. The Kier molecular flexibility index (Phi) is 5.86. The van der Waals surface area contributed by atoms with E-state index >= 15 is 0 Å². The Morgan fingerprint density at radius 2 is 1.89 bits per heavy atom. The highest BCUT2D eigenvalue weighted by molar-refractivity contribution is 5.92. The molecule has 28 heavy (non-hydrogen) atoms. The standard InChI is InChI=1S/C22H29N5O/c1-25(16-18-8-3-2-4-9-18)19-10-7-13-27(17-19)21-15-23-14-20(24-21)22(28)26-11-5-6-12-26/h2-4,8-9,14-15,19H,5-7,10-13,16-17H2,1H3/t19-/m1/s1. The molecule has 1 aromatic heterocycles. The van der Waals surface area contributed by atoms with Gasteiger partial charge in [0.25, 0.3) is 5.91 Å². The molecule has 148 valence electrons. The molecular weight excluding hydrogens is 350 g/mol. The molecule has 2 aliphatic heterocycles. The van der Waals surface area contributed by atoms with Crippen LogP contribution in [0.2, 0.25) is 0 Å². The summed E-state index contributed by atoms with van der Waals surface area (Å²) < 4.78 is 0. The molecule has 3 heterocycles. The molecule has 1 aromatic carbocycles. The maximum atomic E-state index is 12.7. The second-order valence-electron chi connectivity index (χ2n) is 7.90. The van der Waals surface area contributed by atoms with E-state index < -0.39 is 0 Å². The van der Waals surface area contributed by atoms with E-state index in [9.17, 15) is 4.79 Å². The van der Waals surface area contributed by atoms with Gasteiger partial charge in [-0.2, -0.15) is 0 Å². The molecule has 0 N–H and O–H groups in total. The zero-order valence-electron chi connectivity index (χ0n) is 16.6. The van der Waals surface area contributed by atoms with Crippen LogP contribution >= 0.6 is 0 Å². The van der Waals surface area contributed by atoms with Gasteiger partial charge in [0, 0.05) is 38.8 Å². The van der Waals surface area contributed by atoms with Gasteiger partial charge >= 0.3 is 0 Å². The molecule has 0 radical (unpaired) electrons. The highest BCUT2D eigenvalue weighted by Gasteiger charge is 2.26. The lowest BCUT2D eigenvalue weighted by atomic mass is 10.0. The van der Waals surface area contributed by atoms with Gasteiger partial charge in [0.2, 0.25) is 0 Å². The SMILES string of the molecule is CN(Cc1ccccc1)[C@@H]1CCCN(c2cncc(C(=O)N3CCCC3)n2)C1. The third-order valence-corrected chi connectivity index (χ3v) is 5.85. The first kappa shape index (κ1) is 18.9. The molecule has 6 heteroatoms. The Morgan fingerprint density at radius 1 is 1.11 bits per heavy atom. The van der Waals surface area contributed by atoms with Gasteiger partial charge < -0.3 is 9.80 Å². The first-order valence-corrected chi connectivity index (χ1v) is 10.3. The van der Waals surface area contributed by atoms with Crippen LogP contribution in [-0.4, -0.2) is 64.9 Å². The number of piperidine rings is 1. The molecule has 1 atom stereocenters. The van der Waals surface area contributed by atoms with Gasteiger partial charge in [-0.1, -0.05) is 30.3 Å². The lowest BCUT2D eigenvalue weighted by Gasteiger charge is -2.38. The van der Waals surface area contributed by atoms with Crippen LogP contribution in [0, 0.1) is 0 Å². The average molecular weight is 380 g/mol. The summed E-state index contributed by atoms with van der Waals surface area (Å²) in [5.41, 5.74) is 1.80. The molecule has 2 fully saturated rings. The smallest absolute Gasteiger partial charge is 0.274 e. The molecule has 6 nitrogen and oxygen atoms in total. The number of rotatable bonds is 5. The van der Waals surface area contributed by atoms with E-state index in [0.29, 0.717) is 11.7 Å². The molecule has 0 bridgehead atoms. The molecule has 2 saturated heterocycles. The first-order chi connectivity index (χ1) is 13.7. The van der Waals surface area contributed by atoms with E-state index in [2.05, 4.69) is 57.1 Å². The van der Waals surface area contributed by atoms with Crippen LogP contribution in [0.1, 0.15) is 41.7 Å². The van der Waals surface area contributed by atoms with Gasteiger partial charge in [0.05, 0.1) is 12.4 Å². The third kappa shape index (κ3) is 4.33. The van der Waals surface area contributed by atoms with Gasteiger partial charge in [-0.15, -0.1) is 0 Å². The molecule has 0 spiro atoms. The monoisotopic (exact) mass is 379 g/mol. The molecule has 0 aliphatic carbocycles. The number of hydrogen-bond donors (Lipinski definition) is 0. The van der Waals surface area contributed by atoms with E-state index in [1.807, 2.05) is 4.90 Å². The van der Waals surface area contributed by atoms with Crippen molar-refractivity contribution in [2.24, 2.45) is 0 Å². The van der Waals surface area contributed by atoms with Crippen molar-refractivity contribution in [1.29, 1.82) is 0 Å². The predicted octanol–water partition coefficient (Wildman–Crippen LogP) is 2.81. The van der Waals surface area contributed by atoms with E-state index in [1.165, 1.54) is 12.0 Å². The highest BCUT2D eigenvalue weighted by atomic mass is 16.2. The first-order valence-electron chi connectivity index (χ1n) is 10.3. The summed E-state index contributed by atoms with van der Waals surface area (Å²) >= 11 is 0. The summed E-state index contributed by atoms with van der Waals surface area (Å²) in [6.45, 7) is 4.49. The minimum absolute atomic E-state index is 0.0154. The maximum Gasteiger partial charge on any atom is 0.274 e. The molecule has 2 aromatic rings. The zero-order chi connectivity index (χ0) is 19.3. The van der Waals surface area contributed by atoms with Crippen molar-refractivity contribution in [3.05, 3.63) is 54.0 Å². The molecule has 4 rings (SSSR count). The van der Waals surface area contributed by atoms with Crippen molar-refractivity contribution in [2.45, 2.75) is 38.3 Å². The number of carbonyl (C=O) groups excluding carboxylic acids is 1. The normalized spacial score (nSPS) is 20.0. The number of amides is 1. The summed E-state index contributed by atoms with van der Waals surface area (Å²) in [4.78, 5) is 28.2. The van der Waals surface area contributed by atoms with Gasteiger partial charge in [0.15, 0.2) is 0 Å². The number of hydrogen-bond acceptors (Lipinski definition) is 5. The van der Waals surface area contributed by atoms with E-state index in [-0.39, 0.29) is 5.91 Å². The van der Waals surface area contributed by atoms with Crippen molar-refractivity contribution in [1.82, 2.24) is 19.8 Å². The Hall–Kier alpha value is -2.47. The number of anilines is 1. The van der Waals surface area contributed by atoms with Gasteiger partial charge in [-0.3, -0.25) is 14.7 Å². The van der Waals surface area contributed by atoms with Crippen molar-refractivity contribution in [3.8, 4) is 0 Å². The summed E-state index contributed by atoms with van der Waals surface area (Å²) in [6, 6.07) is 11.1. The van der Waals surface area contributed by atoms with E-state index in [1.54, 1.807) is 12.4 Å². The number of aromatic nitrogens is 2. The van der Waals surface area contributed by atoms with Crippen LogP contribution in [0.25, 0.3) is 0 Å². The maximum absolute atomic E-state index is 12.7. The second kappa shape index (κ2) is 8.69. The second-order valence-corrected chi connectivity index (χ2v) is 7.90. The molecule has 0 saturated carbocycles. The summed E-state index contributed by atoms with van der Waals surface area (Å²) in [6.07, 6.45) is 7.86. The van der Waals surface area contributed by atoms with E-state index in [0.717, 1.165) is 57.8 Å². The zero-order valence-corrected chi connectivity index (χ0v) is 16.6. The fraction of sp³-hybridized carbons (Fsp3) is 0.500. The number of likely N-dealkylation sites (N-methyl/N-ethyl adjacent to an activating group) is 1. The van der Waals surface area contributed by atoms with Gasteiger partial charge in [0.1, 0.15) is 11.5 Å². The number of carbonyl (C=O) groups is 1. The van der Waals surface area contributed by atoms with E-state index in [4.69, 9.17) is 0 Å². The fourth-order valence-electron chi connectivity index (χ4n) is 4.22. The highest BCUT2D eigenvalue weighted by Crippen LogP contribution is 2.22. The lowest BCUT2D eigenvalue weighted by molar-refractivity contribution is 0.0786. The van der Waals surface area contributed by atoms with Crippen LogP contribution in [-0.2, 0) is 6.54 Å². The quantitative estimate of drug-likeness (QED) is 0.800. The summed E-state index contributed by atoms with van der Waals surface area (Å²) in [5, 5.41) is 0. The fourth-order valence-corrected chi connectivity index (χ4v) is 4.22. The molecule has 2 aliphatic rings. The molecular formula is C22H29N5O. The van der Waals surface area contributed by atoms with Gasteiger partial charge in [-0.25, -0.2) is 4.98 Å². The van der Waals surface area contributed by atoms with Crippen molar-refractivity contribution < 1.29 is 4.79 Å². The van der Waals surface area contributed by atoms with Crippen molar-refractivity contribution in [2.75, 3.05) is 38.1 Å². The molecule has 1 amide bonds. The minimum atomic E-state index is 0.0154. The Bertz CT molecular complexity index is 791. The van der Waals surface area contributed by atoms with Crippen LogP contribution in [0.15, 0.2) is 42.7 Å². The number of nitrogens with zero attached hydrogens (tertiary/aromatic N) is 5. The Balaban J connectivity index is 1.42. The topological polar surface area (TPSA) is 52.6 Å². The number of likely N-dealkylation sites (tertiary alicyclic amines) is 1. The Labute approximate surface area is 167 Å².